The Morgan fingerprint density at radius 3 is 2.27 bits per heavy atom. The molecule has 0 aliphatic rings. The number of ether oxygens (including phenoxy) is 1. The summed E-state index contributed by atoms with van der Waals surface area (Å²) < 4.78 is 5.19. The minimum Gasteiger partial charge on any atom is -0.465 e. The summed E-state index contributed by atoms with van der Waals surface area (Å²) in [6.07, 6.45) is 11.2. The second-order valence-electron chi connectivity index (χ2n) is 7.68. The maximum absolute atomic E-state index is 11.5. The minimum absolute atomic E-state index is 0.149. The molecule has 1 N–H and O–H groups in total. The molecule has 0 spiro atoms. The summed E-state index contributed by atoms with van der Waals surface area (Å²) in [6.45, 7) is 12.1. The van der Waals surface area contributed by atoms with Crippen molar-refractivity contribution in [2.45, 2.75) is 72.8 Å². The van der Waals surface area contributed by atoms with Crippen LogP contribution in [0, 0.1) is 11.3 Å². The third-order valence-electron chi connectivity index (χ3n) is 3.15. The number of carbonyl (C=O) groups excluding carboxylic acids is 1. The van der Waals surface area contributed by atoms with E-state index >= 15 is 0 Å². The Balaban J connectivity index is 3.79. The highest BCUT2D eigenvalue weighted by molar-refractivity contribution is 5.75. The monoisotopic (exact) mass is 310 g/mol. The largest absolute Gasteiger partial charge is 0.465 e. The molecule has 0 amide bonds. The molecule has 1 unspecified atom stereocenters. The Bertz CT molecular complexity index is 371. The van der Waals surface area contributed by atoms with Gasteiger partial charge in [-0.15, -0.1) is 0 Å². The van der Waals surface area contributed by atoms with Crippen molar-refractivity contribution in [2.24, 2.45) is 11.3 Å². The van der Waals surface area contributed by atoms with Crippen LogP contribution >= 0.6 is 0 Å². The van der Waals surface area contributed by atoms with Crippen LogP contribution in [-0.2, 0) is 9.53 Å². The van der Waals surface area contributed by atoms with E-state index < -0.39 is 11.0 Å². The Kier molecular flexibility index (Phi) is 9.34. The first-order valence-corrected chi connectivity index (χ1v) is 8.26. The number of hydrogen-bond acceptors (Lipinski definition) is 3. The molecule has 0 heterocycles. The van der Waals surface area contributed by atoms with Crippen LogP contribution in [0.3, 0.4) is 0 Å². The average molecular weight is 310 g/mol. The van der Waals surface area contributed by atoms with E-state index in [4.69, 9.17) is 4.74 Å². The van der Waals surface area contributed by atoms with E-state index in [1.165, 1.54) is 0 Å². The highest BCUT2D eigenvalue weighted by atomic mass is 16.5. The Hall–Kier alpha value is -1.09. The van der Waals surface area contributed by atoms with Gasteiger partial charge in [0.2, 0.25) is 0 Å². The number of hydrogen-bond donors (Lipinski definition) is 1. The molecule has 0 aromatic heterocycles. The normalized spacial score (nSPS) is 15.6. The fraction of sp³-hybridized carbons (Fsp3) is 0.737. The van der Waals surface area contributed by atoms with Gasteiger partial charge in [-0.2, -0.15) is 0 Å². The summed E-state index contributed by atoms with van der Waals surface area (Å²) in [6, 6.07) is 0. The molecule has 0 saturated heterocycles. The molecule has 22 heavy (non-hydrogen) atoms. The number of unbranched alkanes of at least 4 members (excludes halogenated alkanes) is 1. The third-order valence-corrected chi connectivity index (χ3v) is 3.15. The quantitative estimate of drug-likeness (QED) is 0.383. The summed E-state index contributed by atoms with van der Waals surface area (Å²) >= 11 is 0. The van der Waals surface area contributed by atoms with Crippen molar-refractivity contribution in [3.63, 3.8) is 0 Å². The molecule has 1 atom stereocenters. The summed E-state index contributed by atoms with van der Waals surface area (Å²) in [5.41, 5.74) is -1.05. The van der Waals surface area contributed by atoms with Gasteiger partial charge in [0.25, 0.3) is 0 Å². The third kappa shape index (κ3) is 11.6. The van der Waals surface area contributed by atoms with E-state index in [2.05, 4.69) is 19.9 Å². The van der Waals surface area contributed by atoms with Gasteiger partial charge in [0, 0.05) is 0 Å². The molecule has 0 bridgehead atoms. The van der Waals surface area contributed by atoms with Crippen molar-refractivity contribution in [1.29, 1.82) is 0 Å². The number of carbonyl (C=O) groups is 1. The SMILES string of the molecule is CC(C)CC(C)(O)C/C=C/C=C/CCCOC(=O)C(C)(C)C. The maximum atomic E-state index is 11.5. The second kappa shape index (κ2) is 9.83. The molecule has 0 aromatic carbocycles. The van der Waals surface area contributed by atoms with Gasteiger partial charge in [-0.1, -0.05) is 38.2 Å². The number of esters is 1. The first-order valence-electron chi connectivity index (χ1n) is 8.26. The first kappa shape index (κ1) is 20.9. The predicted octanol–water partition coefficient (Wildman–Crippen LogP) is 4.66. The summed E-state index contributed by atoms with van der Waals surface area (Å²) in [7, 11) is 0. The summed E-state index contributed by atoms with van der Waals surface area (Å²) in [5, 5.41) is 10.2. The van der Waals surface area contributed by atoms with Crippen LogP contribution in [0.15, 0.2) is 24.3 Å². The van der Waals surface area contributed by atoms with Crippen LogP contribution in [0.25, 0.3) is 0 Å². The molecule has 0 rings (SSSR count). The molecular formula is C19H34O3. The fourth-order valence-corrected chi connectivity index (χ4v) is 2.12. The van der Waals surface area contributed by atoms with Crippen molar-refractivity contribution < 1.29 is 14.6 Å². The van der Waals surface area contributed by atoms with Gasteiger partial charge in [-0.3, -0.25) is 4.79 Å². The molecule has 0 fully saturated rings. The second-order valence-corrected chi connectivity index (χ2v) is 7.68. The lowest BCUT2D eigenvalue weighted by molar-refractivity contribution is -0.153. The van der Waals surface area contributed by atoms with E-state index in [1.54, 1.807) is 0 Å². The number of allylic oxidation sites excluding steroid dienone is 3. The van der Waals surface area contributed by atoms with E-state index in [0.717, 1.165) is 19.3 Å². The molecule has 128 valence electrons. The lowest BCUT2D eigenvalue weighted by atomic mass is 9.91. The highest BCUT2D eigenvalue weighted by Crippen LogP contribution is 2.20. The molecule has 0 radical (unpaired) electrons. The molecule has 0 aliphatic carbocycles. The molecule has 3 heteroatoms. The Morgan fingerprint density at radius 2 is 1.73 bits per heavy atom. The van der Waals surface area contributed by atoms with Crippen molar-refractivity contribution >= 4 is 5.97 Å². The van der Waals surface area contributed by atoms with E-state index in [9.17, 15) is 9.90 Å². The van der Waals surface area contributed by atoms with Crippen LogP contribution in [0.5, 0.6) is 0 Å². The van der Waals surface area contributed by atoms with Crippen molar-refractivity contribution in [3.05, 3.63) is 24.3 Å². The topological polar surface area (TPSA) is 46.5 Å². The highest BCUT2D eigenvalue weighted by Gasteiger charge is 2.22. The van der Waals surface area contributed by atoms with Crippen LogP contribution in [0.2, 0.25) is 0 Å². The molecule has 0 aromatic rings. The predicted molar refractivity (Wildman–Crippen MR) is 92.6 cm³/mol. The zero-order chi connectivity index (χ0) is 17.2. The van der Waals surface area contributed by atoms with Gasteiger partial charge in [0.05, 0.1) is 17.6 Å². The zero-order valence-corrected chi connectivity index (χ0v) is 15.2. The van der Waals surface area contributed by atoms with Gasteiger partial charge in [-0.25, -0.2) is 0 Å². The fourth-order valence-electron chi connectivity index (χ4n) is 2.12. The summed E-state index contributed by atoms with van der Waals surface area (Å²) in [4.78, 5) is 11.5. The lowest BCUT2D eigenvalue weighted by Crippen LogP contribution is -2.25. The lowest BCUT2D eigenvalue weighted by Gasteiger charge is -2.23. The van der Waals surface area contributed by atoms with Crippen LogP contribution in [0.1, 0.15) is 67.2 Å². The van der Waals surface area contributed by atoms with E-state index in [-0.39, 0.29) is 5.97 Å². The molecular weight excluding hydrogens is 276 g/mol. The minimum atomic E-state index is -0.625. The smallest absolute Gasteiger partial charge is 0.311 e. The standard InChI is InChI=1S/C19H34O3/c1-16(2)15-19(6,21)13-11-9-7-8-10-12-14-22-17(20)18(3,4)5/h7-9,11,16,21H,10,12-15H2,1-6H3/b8-7+,11-9+. The summed E-state index contributed by atoms with van der Waals surface area (Å²) in [5.74, 6) is 0.346. The Morgan fingerprint density at radius 1 is 1.14 bits per heavy atom. The maximum Gasteiger partial charge on any atom is 0.311 e. The van der Waals surface area contributed by atoms with Gasteiger partial charge in [-0.05, 0) is 59.3 Å². The van der Waals surface area contributed by atoms with Crippen molar-refractivity contribution in [3.8, 4) is 0 Å². The van der Waals surface area contributed by atoms with Gasteiger partial charge in [0.15, 0.2) is 0 Å². The number of rotatable bonds is 9. The molecule has 3 nitrogen and oxygen atoms in total. The van der Waals surface area contributed by atoms with Crippen molar-refractivity contribution in [2.75, 3.05) is 6.61 Å². The first-order chi connectivity index (χ1) is 10.0. The van der Waals surface area contributed by atoms with E-state index in [0.29, 0.717) is 18.9 Å². The van der Waals surface area contributed by atoms with Gasteiger partial charge in [0.1, 0.15) is 0 Å². The van der Waals surface area contributed by atoms with Crippen molar-refractivity contribution in [1.82, 2.24) is 0 Å². The zero-order valence-electron chi connectivity index (χ0n) is 15.2. The van der Waals surface area contributed by atoms with Gasteiger partial charge >= 0.3 is 5.97 Å². The van der Waals surface area contributed by atoms with Crippen LogP contribution in [0.4, 0.5) is 0 Å². The Labute approximate surface area is 136 Å². The van der Waals surface area contributed by atoms with E-state index in [1.807, 2.05) is 45.9 Å². The van der Waals surface area contributed by atoms with Gasteiger partial charge < -0.3 is 9.84 Å². The molecule has 0 saturated carbocycles. The number of aliphatic hydroxyl groups is 1. The average Bonchev–Trinajstić information content (AvgIpc) is 2.33. The molecule has 0 aliphatic heterocycles. The van der Waals surface area contributed by atoms with Crippen LogP contribution < -0.4 is 0 Å². The van der Waals surface area contributed by atoms with Crippen LogP contribution in [-0.4, -0.2) is 23.3 Å².